The lowest BCUT2D eigenvalue weighted by atomic mass is 9.96. The van der Waals surface area contributed by atoms with Gasteiger partial charge in [-0.3, -0.25) is 9.59 Å². The number of benzene rings is 1. The van der Waals surface area contributed by atoms with Crippen molar-refractivity contribution in [2.24, 2.45) is 5.92 Å². The van der Waals surface area contributed by atoms with Gasteiger partial charge in [-0.2, -0.15) is 5.26 Å². The number of rotatable bonds is 8. The zero-order chi connectivity index (χ0) is 23.1. The molecule has 7 nitrogen and oxygen atoms in total. The van der Waals surface area contributed by atoms with Crippen molar-refractivity contribution < 1.29 is 19.1 Å². The monoisotopic (exact) mass is 453 g/mol. The Balaban J connectivity index is 1.59. The van der Waals surface area contributed by atoms with Crippen molar-refractivity contribution in [2.45, 2.75) is 52.0 Å². The maximum absolute atomic E-state index is 12.6. The third-order valence-electron chi connectivity index (χ3n) is 5.21. The number of aryl methyl sites for hydroxylation is 1. The Labute approximate surface area is 191 Å². The predicted molar refractivity (Wildman–Crippen MR) is 122 cm³/mol. The second-order valence-corrected chi connectivity index (χ2v) is 9.31. The molecule has 1 heterocycles. The Morgan fingerprint density at radius 1 is 1.16 bits per heavy atom. The second-order valence-electron chi connectivity index (χ2n) is 8.20. The summed E-state index contributed by atoms with van der Waals surface area (Å²) in [6.45, 7) is 3.38. The molecule has 168 valence electrons. The van der Waals surface area contributed by atoms with E-state index in [4.69, 9.17) is 4.74 Å². The molecule has 0 saturated carbocycles. The molecule has 2 amide bonds. The van der Waals surface area contributed by atoms with Crippen LogP contribution in [0.5, 0.6) is 0 Å². The summed E-state index contributed by atoms with van der Waals surface area (Å²) in [4.78, 5) is 38.6. The summed E-state index contributed by atoms with van der Waals surface area (Å²) in [7, 11) is 0. The van der Waals surface area contributed by atoms with Gasteiger partial charge in [-0.15, -0.1) is 11.3 Å². The number of amides is 2. The van der Waals surface area contributed by atoms with E-state index in [0.29, 0.717) is 22.5 Å². The van der Waals surface area contributed by atoms with Crippen LogP contribution in [0.15, 0.2) is 30.3 Å². The second kappa shape index (κ2) is 10.9. The lowest BCUT2D eigenvalue weighted by Gasteiger charge is -2.19. The Morgan fingerprint density at radius 3 is 2.56 bits per heavy atom. The number of thiophene rings is 1. The highest BCUT2D eigenvalue weighted by molar-refractivity contribution is 7.16. The van der Waals surface area contributed by atoms with Crippen LogP contribution in [-0.2, 0) is 27.2 Å². The van der Waals surface area contributed by atoms with Gasteiger partial charge >= 0.3 is 5.97 Å². The van der Waals surface area contributed by atoms with Crippen molar-refractivity contribution >= 4 is 34.1 Å². The van der Waals surface area contributed by atoms with Crippen LogP contribution in [0.25, 0.3) is 0 Å². The number of anilines is 1. The maximum atomic E-state index is 12.6. The summed E-state index contributed by atoms with van der Waals surface area (Å²) >= 11 is 1.42. The van der Waals surface area contributed by atoms with Crippen LogP contribution < -0.4 is 10.6 Å². The highest BCUT2D eigenvalue weighted by Gasteiger charge is 2.26. The highest BCUT2D eigenvalue weighted by atomic mass is 32.1. The van der Waals surface area contributed by atoms with Crippen LogP contribution in [0.1, 0.15) is 59.5 Å². The summed E-state index contributed by atoms with van der Waals surface area (Å²) in [5, 5.41) is 15.4. The van der Waals surface area contributed by atoms with Crippen molar-refractivity contribution in [3.05, 3.63) is 51.9 Å². The van der Waals surface area contributed by atoms with Gasteiger partial charge in [0.2, 0.25) is 0 Å². The van der Waals surface area contributed by atoms with Gasteiger partial charge in [-0.05, 0) is 55.7 Å². The highest BCUT2D eigenvalue weighted by Crippen LogP contribution is 2.37. The zero-order valence-electron chi connectivity index (χ0n) is 18.3. The summed E-state index contributed by atoms with van der Waals surface area (Å²) in [6, 6.07) is 9.94. The summed E-state index contributed by atoms with van der Waals surface area (Å²) in [5.41, 5.74) is 1.98. The molecule has 0 radical (unpaired) electrons. The minimum atomic E-state index is -0.862. The number of hydrogen-bond acceptors (Lipinski definition) is 6. The van der Waals surface area contributed by atoms with E-state index in [1.165, 1.54) is 11.3 Å². The van der Waals surface area contributed by atoms with Gasteiger partial charge in [-0.25, -0.2) is 4.79 Å². The first kappa shape index (κ1) is 23.5. The van der Waals surface area contributed by atoms with Crippen molar-refractivity contribution in [1.82, 2.24) is 5.32 Å². The van der Waals surface area contributed by atoms with Gasteiger partial charge in [0.25, 0.3) is 11.8 Å². The molecule has 1 aliphatic carbocycles. The largest absolute Gasteiger partial charge is 0.454 e. The minimum Gasteiger partial charge on any atom is -0.454 e. The fraction of sp³-hybridized carbons (Fsp3) is 0.417. The first-order valence-corrected chi connectivity index (χ1v) is 11.6. The Bertz CT molecular complexity index is 1020. The first-order chi connectivity index (χ1) is 15.4. The van der Waals surface area contributed by atoms with E-state index in [1.807, 2.05) is 13.8 Å². The SMILES string of the molecule is CC(C)C[C@@H](NC(=O)c1ccccc1)C(=O)OCC(=O)Nc1sc2c(c1C#N)CCCC2. The quantitative estimate of drug-likeness (QED) is 0.591. The average Bonchev–Trinajstić information content (AvgIpc) is 3.14. The zero-order valence-corrected chi connectivity index (χ0v) is 19.1. The number of carbonyl (C=O) groups excluding carboxylic acids is 3. The molecule has 2 N–H and O–H groups in total. The molecule has 0 aliphatic heterocycles. The van der Waals surface area contributed by atoms with Crippen LogP contribution in [-0.4, -0.2) is 30.4 Å². The molecule has 3 rings (SSSR count). The molecule has 0 saturated heterocycles. The molecule has 0 unspecified atom stereocenters. The average molecular weight is 454 g/mol. The van der Waals surface area contributed by atoms with Gasteiger partial charge in [0.1, 0.15) is 17.1 Å². The number of esters is 1. The van der Waals surface area contributed by atoms with Crippen molar-refractivity contribution in [2.75, 3.05) is 11.9 Å². The van der Waals surface area contributed by atoms with Crippen LogP contribution >= 0.6 is 11.3 Å². The Kier molecular flexibility index (Phi) is 8.01. The fourth-order valence-electron chi connectivity index (χ4n) is 3.69. The smallest absolute Gasteiger partial charge is 0.329 e. The molecular formula is C24H27N3O4S. The van der Waals surface area contributed by atoms with Crippen molar-refractivity contribution in [3.8, 4) is 6.07 Å². The molecular weight excluding hydrogens is 426 g/mol. The lowest BCUT2D eigenvalue weighted by molar-refractivity contribution is -0.149. The van der Waals surface area contributed by atoms with Crippen LogP contribution in [0.2, 0.25) is 0 Å². The van der Waals surface area contributed by atoms with E-state index < -0.39 is 24.5 Å². The van der Waals surface area contributed by atoms with E-state index in [1.54, 1.807) is 30.3 Å². The maximum Gasteiger partial charge on any atom is 0.329 e. The number of ether oxygens (including phenoxy) is 1. The molecule has 32 heavy (non-hydrogen) atoms. The fourth-order valence-corrected chi connectivity index (χ4v) is 4.94. The molecule has 0 fully saturated rings. The molecule has 1 atom stereocenters. The molecule has 0 bridgehead atoms. The van der Waals surface area contributed by atoms with Crippen LogP contribution in [0, 0.1) is 17.2 Å². The number of nitrogens with one attached hydrogen (secondary N) is 2. The standard InChI is InChI=1S/C24H27N3O4S/c1-15(2)12-19(26-22(29)16-8-4-3-5-9-16)24(30)31-14-21(28)27-23-18(13-25)17-10-6-7-11-20(17)32-23/h3-5,8-9,15,19H,6-7,10-12,14H2,1-2H3,(H,26,29)(H,27,28)/t19-/m1/s1. The number of nitriles is 1. The number of hydrogen-bond donors (Lipinski definition) is 2. The molecule has 1 aliphatic rings. The topological polar surface area (TPSA) is 108 Å². The van der Waals surface area contributed by atoms with Gasteiger partial charge < -0.3 is 15.4 Å². The van der Waals surface area contributed by atoms with Gasteiger partial charge in [0.05, 0.1) is 5.56 Å². The van der Waals surface area contributed by atoms with E-state index in [0.717, 1.165) is 36.1 Å². The first-order valence-electron chi connectivity index (χ1n) is 10.8. The van der Waals surface area contributed by atoms with Crippen LogP contribution in [0.3, 0.4) is 0 Å². The normalized spacial score (nSPS) is 13.6. The van der Waals surface area contributed by atoms with E-state index in [9.17, 15) is 19.6 Å². The third-order valence-corrected chi connectivity index (χ3v) is 6.42. The number of fused-ring (bicyclic) bond motifs is 1. The van der Waals surface area contributed by atoms with Crippen molar-refractivity contribution in [1.29, 1.82) is 5.26 Å². The summed E-state index contributed by atoms with van der Waals surface area (Å²) < 4.78 is 5.21. The van der Waals surface area contributed by atoms with E-state index in [-0.39, 0.29) is 11.8 Å². The molecule has 8 heteroatoms. The molecule has 1 aromatic heterocycles. The number of carbonyl (C=O) groups is 3. The Hall–Kier alpha value is -3.18. The van der Waals surface area contributed by atoms with E-state index in [2.05, 4.69) is 16.7 Å². The molecule has 0 spiro atoms. The third kappa shape index (κ3) is 5.95. The van der Waals surface area contributed by atoms with Gasteiger partial charge in [0.15, 0.2) is 6.61 Å². The van der Waals surface area contributed by atoms with Crippen LogP contribution in [0.4, 0.5) is 5.00 Å². The summed E-state index contributed by atoms with van der Waals surface area (Å²) in [5.74, 6) is -1.41. The van der Waals surface area contributed by atoms with Gasteiger partial charge in [0, 0.05) is 10.4 Å². The molecule has 1 aromatic carbocycles. The lowest BCUT2D eigenvalue weighted by Crippen LogP contribution is -2.43. The van der Waals surface area contributed by atoms with Gasteiger partial charge in [-0.1, -0.05) is 32.0 Å². The summed E-state index contributed by atoms with van der Waals surface area (Å²) in [6.07, 6.45) is 4.26. The Morgan fingerprint density at radius 2 is 1.88 bits per heavy atom. The van der Waals surface area contributed by atoms with E-state index >= 15 is 0 Å². The van der Waals surface area contributed by atoms with Crippen molar-refractivity contribution in [3.63, 3.8) is 0 Å². The minimum absolute atomic E-state index is 0.132. The number of nitrogens with zero attached hydrogens (tertiary/aromatic N) is 1. The predicted octanol–water partition coefficient (Wildman–Crippen LogP) is 3.82. The molecule has 2 aromatic rings.